The van der Waals surface area contributed by atoms with E-state index in [-0.39, 0.29) is 11.4 Å². The second kappa shape index (κ2) is 5.87. The van der Waals surface area contributed by atoms with Crippen LogP contribution < -0.4 is 0 Å². The molecule has 0 atom stereocenters. The van der Waals surface area contributed by atoms with Gasteiger partial charge in [0.15, 0.2) is 0 Å². The van der Waals surface area contributed by atoms with Gasteiger partial charge in [0.1, 0.15) is 5.78 Å². The monoisotopic (exact) mass is 264 g/mol. The zero-order valence-electron chi connectivity index (χ0n) is 12.2. The molecule has 4 heteroatoms. The number of hydrogen-bond acceptors (Lipinski definition) is 3. The normalized spacial score (nSPS) is 17.0. The van der Waals surface area contributed by atoms with Crippen molar-refractivity contribution in [1.82, 2.24) is 9.78 Å². The fourth-order valence-corrected chi connectivity index (χ4v) is 2.66. The number of carbonyl (C=O) groups excluding carboxylic acids is 1. The van der Waals surface area contributed by atoms with Crippen molar-refractivity contribution in [3.63, 3.8) is 0 Å². The Labute approximate surface area is 115 Å². The summed E-state index contributed by atoms with van der Waals surface area (Å²) in [5, 5.41) is 4.54. The average molecular weight is 264 g/mol. The van der Waals surface area contributed by atoms with Crippen molar-refractivity contribution in [2.75, 3.05) is 7.11 Å². The summed E-state index contributed by atoms with van der Waals surface area (Å²) in [4.78, 5) is 12.0. The maximum atomic E-state index is 12.0. The highest BCUT2D eigenvalue weighted by atomic mass is 16.5. The Hall–Kier alpha value is -1.16. The third-order valence-electron chi connectivity index (χ3n) is 3.92. The predicted octanol–water partition coefficient (Wildman–Crippen LogP) is 2.92. The molecule has 1 saturated carbocycles. The predicted molar refractivity (Wildman–Crippen MR) is 74.1 cm³/mol. The van der Waals surface area contributed by atoms with Gasteiger partial charge < -0.3 is 4.74 Å². The van der Waals surface area contributed by atoms with Gasteiger partial charge in [0.2, 0.25) is 0 Å². The number of rotatable bonds is 6. The van der Waals surface area contributed by atoms with Crippen LogP contribution in [0.5, 0.6) is 0 Å². The van der Waals surface area contributed by atoms with E-state index in [1.807, 2.05) is 30.8 Å². The highest BCUT2D eigenvalue weighted by Crippen LogP contribution is 2.28. The number of Topliss-reactive ketones (excluding diaryl/α,β-unsaturated/α-hetero) is 1. The molecule has 0 saturated heterocycles. The third kappa shape index (κ3) is 3.90. The van der Waals surface area contributed by atoms with Gasteiger partial charge in [-0.25, -0.2) is 0 Å². The topological polar surface area (TPSA) is 44.1 Å². The van der Waals surface area contributed by atoms with E-state index in [2.05, 4.69) is 5.10 Å². The van der Waals surface area contributed by atoms with E-state index in [9.17, 15) is 4.79 Å². The first-order valence-corrected chi connectivity index (χ1v) is 7.11. The van der Waals surface area contributed by atoms with Gasteiger partial charge in [0.25, 0.3) is 0 Å². The highest BCUT2D eigenvalue weighted by molar-refractivity contribution is 5.81. The summed E-state index contributed by atoms with van der Waals surface area (Å²) >= 11 is 0. The minimum absolute atomic E-state index is 0.184. The molecule has 1 aliphatic carbocycles. The number of ketones is 1. The third-order valence-corrected chi connectivity index (χ3v) is 3.92. The molecule has 0 aliphatic heterocycles. The summed E-state index contributed by atoms with van der Waals surface area (Å²) in [6, 6.07) is 2.51. The molecule has 0 amide bonds. The molecular formula is C15H24N2O2. The van der Waals surface area contributed by atoms with Crippen molar-refractivity contribution in [3.8, 4) is 0 Å². The van der Waals surface area contributed by atoms with Crippen LogP contribution in [-0.2, 0) is 16.0 Å². The van der Waals surface area contributed by atoms with Gasteiger partial charge in [-0.05, 0) is 32.8 Å². The fraction of sp³-hybridized carbons (Fsp3) is 0.733. The molecule has 0 bridgehead atoms. The molecule has 1 aromatic heterocycles. The van der Waals surface area contributed by atoms with Crippen LogP contribution in [0.15, 0.2) is 12.3 Å². The molecule has 106 valence electrons. The van der Waals surface area contributed by atoms with Crippen molar-refractivity contribution in [2.45, 2.75) is 64.0 Å². The molecule has 0 unspecified atom stereocenters. The number of ether oxygens (including phenoxy) is 1. The minimum Gasteiger partial charge on any atom is -0.378 e. The molecule has 1 fully saturated rings. The Kier molecular flexibility index (Phi) is 4.40. The summed E-state index contributed by atoms with van der Waals surface area (Å²) in [6.07, 6.45) is 7.87. The van der Waals surface area contributed by atoms with Crippen LogP contribution in [0, 0.1) is 0 Å². The lowest BCUT2D eigenvalue weighted by Gasteiger charge is -2.21. The first kappa shape index (κ1) is 14.3. The van der Waals surface area contributed by atoms with Crippen LogP contribution >= 0.6 is 0 Å². The standard InChI is InChI=1S/C15H24N2O2/c1-15(2,19-3)11-14(18)10-12-8-9-17(16-12)13-6-4-5-7-13/h8-9,13H,4-7,10-11H2,1-3H3. The van der Waals surface area contributed by atoms with Gasteiger partial charge in [-0.15, -0.1) is 0 Å². The van der Waals surface area contributed by atoms with Gasteiger partial charge in [-0.1, -0.05) is 12.8 Å². The Morgan fingerprint density at radius 2 is 2.16 bits per heavy atom. The second-order valence-electron chi connectivity index (χ2n) is 6.08. The molecule has 0 radical (unpaired) electrons. The molecule has 0 spiro atoms. The second-order valence-corrected chi connectivity index (χ2v) is 6.08. The fourth-order valence-electron chi connectivity index (χ4n) is 2.66. The lowest BCUT2D eigenvalue weighted by Crippen LogP contribution is -2.27. The van der Waals surface area contributed by atoms with Crippen LogP contribution in [0.2, 0.25) is 0 Å². The lowest BCUT2D eigenvalue weighted by molar-refractivity contribution is -0.123. The number of aromatic nitrogens is 2. The summed E-state index contributed by atoms with van der Waals surface area (Å²) in [7, 11) is 1.64. The van der Waals surface area contributed by atoms with Crippen LogP contribution in [0.25, 0.3) is 0 Å². The largest absolute Gasteiger partial charge is 0.378 e. The maximum absolute atomic E-state index is 12.0. The van der Waals surface area contributed by atoms with E-state index in [0.29, 0.717) is 18.9 Å². The van der Waals surface area contributed by atoms with E-state index >= 15 is 0 Å². The quantitative estimate of drug-likeness (QED) is 0.793. The van der Waals surface area contributed by atoms with Gasteiger partial charge in [-0.3, -0.25) is 9.48 Å². The first-order chi connectivity index (χ1) is 9.00. The number of hydrogen-bond donors (Lipinski definition) is 0. The molecule has 1 aliphatic rings. The Morgan fingerprint density at radius 1 is 1.47 bits per heavy atom. The number of methoxy groups -OCH3 is 1. The highest BCUT2D eigenvalue weighted by Gasteiger charge is 2.22. The zero-order chi connectivity index (χ0) is 13.9. The Bertz CT molecular complexity index is 431. The minimum atomic E-state index is -0.384. The van der Waals surface area contributed by atoms with E-state index in [0.717, 1.165) is 5.69 Å². The number of nitrogens with zero attached hydrogens (tertiary/aromatic N) is 2. The Balaban J connectivity index is 1.90. The van der Waals surface area contributed by atoms with E-state index in [1.54, 1.807) is 7.11 Å². The molecule has 1 heterocycles. The summed E-state index contributed by atoms with van der Waals surface area (Å²) in [5.74, 6) is 0.184. The van der Waals surface area contributed by atoms with Crippen molar-refractivity contribution in [1.29, 1.82) is 0 Å². The van der Waals surface area contributed by atoms with Crippen LogP contribution in [0.4, 0.5) is 0 Å². The molecule has 19 heavy (non-hydrogen) atoms. The molecule has 4 nitrogen and oxygen atoms in total. The Morgan fingerprint density at radius 3 is 2.79 bits per heavy atom. The smallest absolute Gasteiger partial charge is 0.141 e. The molecule has 1 aromatic rings. The van der Waals surface area contributed by atoms with Gasteiger partial charge >= 0.3 is 0 Å². The molecular weight excluding hydrogens is 240 g/mol. The van der Waals surface area contributed by atoms with E-state index < -0.39 is 0 Å². The van der Waals surface area contributed by atoms with Crippen molar-refractivity contribution < 1.29 is 9.53 Å². The van der Waals surface area contributed by atoms with Gasteiger partial charge in [0.05, 0.1) is 23.8 Å². The average Bonchev–Trinajstić information content (AvgIpc) is 2.97. The van der Waals surface area contributed by atoms with E-state index in [1.165, 1.54) is 25.7 Å². The zero-order valence-corrected chi connectivity index (χ0v) is 12.2. The van der Waals surface area contributed by atoms with Gasteiger partial charge in [0, 0.05) is 19.7 Å². The first-order valence-electron chi connectivity index (χ1n) is 7.11. The summed E-state index contributed by atoms with van der Waals surface area (Å²) in [5.41, 5.74) is 0.495. The van der Waals surface area contributed by atoms with Crippen molar-refractivity contribution >= 4 is 5.78 Å². The maximum Gasteiger partial charge on any atom is 0.141 e. The molecule has 0 aromatic carbocycles. The van der Waals surface area contributed by atoms with Crippen molar-refractivity contribution in [2.24, 2.45) is 0 Å². The van der Waals surface area contributed by atoms with Crippen LogP contribution in [0.1, 0.15) is 57.7 Å². The summed E-state index contributed by atoms with van der Waals surface area (Å²) in [6.45, 7) is 3.87. The lowest BCUT2D eigenvalue weighted by atomic mass is 9.99. The van der Waals surface area contributed by atoms with Gasteiger partial charge in [-0.2, -0.15) is 5.10 Å². The summed E-state index contributed by atoms with van der Waals surface area (Å²) < 4.78 is 7.32. The SMILES string of the molecule is COC(C)(C)CC(=O)Cc1ccn(C2CCCC2)n1. The molecule has 2 rings (SSSR count). The molecule has 0 N–H and O–H groups in total. The number of carbonyl (C=O) groups is 1. The van der Waals surface area contributed by atoms with Crippen LogP contribution in [-0.4, -0.2) is 28.3 Å². The van der Waals surface area contributed by atoms with Crippen molar-refractivity contribution in [3.05, 3.63) is 18.0 Å². The van der Waals surface area contributed by atoms with Crippen LogP contribution in [0.3, 0.4) is 0 Å². The van der Waals surface area contributed by atoms with E-state index in [4.69, 9.17) is 4.74 Å².